The Morgan fingerprint density at radius 2 is 1.29 bits per heavy atom. The summed E-state index contributed by atoms with van der Waals surface area (Å²) in [5.74, 6) is -0.367. The Balaban J connectivity index is 1.59. The highest BCUT2D eigenvalue weighted by Gasteiger charge is 2.53. The third-order valence-electron chi connectivity index (χ3n) is 7.67. The van der Waals surface area contributed by atoms with Crippen LogP contribution in [0.2, 0.25) is 0 Å². The lowest BCUT2D eigenvalue weighted by Crippen LogP contribution is -2.48. The summed E-state index contributed by atoms with van der Waals surface area (Å²) >= 11 is 0. The van der Waals surface area contributed by atoms with Crippen molar-refractivity contribution in [3.8, 4) is 0 Å². The second kappa shape index (κ2) is 9.38. The predicted octanol–water partition coefficient (Wildman–Crippen LogP) is 4.31. The zero-order valence-electron chi connectivity index (χ0n) is 21.4. The molecule has 0 aromatic carbocycles. The number of likely N-dealkylation sites (tertiary alicyclic amines) is 1. The lowest BCUT2D eigenvalue weighted by molar-refractivity contribution is -0.152. The van der Waals surface area contributed by atoms with Gasteiger partial charge in [0, 0.05) is 22.2 Å². The molecule has 0 spiro atoms. The number of ether oxygens (including phenoxy) is 2. The molecule has 6 nitrogen and oxygen atoms in total. The summed E-state index contributed by atoms with van der Waals surface area (Å²) in [5.41, 5.74) is -0.459. The first-order valence-corrected chi connectivity index (χ1v) is 12.0. The van der Waals surface area contributed by atoms with E-state index in [-0.39, 0.29) is 45.9 Å². The van der Waals surface area contributed by atoms with Gasteiger partial charge in [-0.15, -0.1) is 0 Å². The molecule has 2 unspecified atom stereocenters. The first kappa shape index (κ1) is 26.1. The number of esters is 2. The highest BCUT2D eigenvalue weighted by molar-refractivity contribution is 5.75. The molecule has 2 aliphatic rings. The summed E-state index contributed by atoms with van der Waals surface area (Å²) in [4.78, 5) is 27.4. The molecule has 180 valence electrons. The van der Waals surface area contributed by atoms with E-state index in [1.165, 1.54) is 0 Å². The van der Waals surface area contributed by atoms with Crippen LogP contribution in [0.4, 0.5) is 0 Å². The maximum atomic E-state index is 12.6. The van der Waals surface area contributed by atoms with E-state index in [0.717, 1.165) is 38.5 Å². The monoisotopic (exact) mass is 438 g/mol. The van der Waals surface area contributed by atoms with E-state index in [0.29, 0.717) is 13.2 Å². The summed E-state index contributed by atoms with van der Waals surface area (Å²) < 4.78 is 11.2. The molecule has 2 heterocycles. The Bertz CT molecular complexity index is 654. The number of carbonyl (C=O) groups is 2. The van der Waals surface area contributed by atoms with Crippen LogP contribution in [0.5, 0.6) is 0 Å². The molecule has 0 saturated carbocycles. The van der Waals surface area contributed by atoms with Crippen LogP contribution in [0.15, 0.2) is 0 Å². The number of carbonyl (C=O) groups excluding carboxylic acids is 2. The Morgan fingerprint density at radius 1 is 0.806 bits per heavy atom. The van der Waals surface area contributed by atoms with Crippen LogP contribution >= 0.6 is 0 Å². The fourth-order valence-electron chi connectivity index (χ4n) is 5.53. The molecular weight excluding hydrogens is 392 g/mol. The lowest BCUT2D eigenvalue weighted by atomic mass is 9.87. The van der Waals surface area contributed by atoms with Crippen LogP contribution in [0, 0.1) is 11.8 Å². The van der Waals surface area contributed by atoms with Crippen molar-refractivity contribution in [2.24, 2.45) is 11.8 Å². The van der Waals surface area contributed by atoms with Crippen LogP contribution in [0.3, 0.4) is 0 Å². The average Bonchev–Trinajstić information content (AvgIpc) is 2.96. The lowest BCUT2D eigenvalue weighted by Gasteiger charge is -2.37. The van der Waals surface area contributed by atoms with Gasteiger partial charge < -0.3 is 14.8 Å². The molecule has 2 rings (SSSR count). The van der Waals surface area contributed by atoms with Crippen LogP contribution < -0.4 is 5.32 Å². The second-order valence-corrected chi connectivity index (χ2v) is 12.0. The number of rotatable bonds is 9. The summed E-state index contributed by atoms with van der Waals surface area (Å²) in [5, 5.41) is 3.52. The van der Waals surface area contributed by atoms with Crippen molar-refractivity contribution >= 4 is 11.9 Å². The molecule has 2 aliphatic heterocycles. The van der Waals surface area contributed by atoms with Crippen molar-refractivity contribution in [3.05, 3.63) is 0 Å². The van der Waals surface area contributed by atoms with Gasteiger partial charge in [0.05, 0.1) is 25.0 Å². The van der Waals surface area contributed by atoms with Gasteiger partial charge in [0.1, 0.15) is 0 Å². The van der Waals surface area contributed by atoms with Crippen molar-refractivity contribution in [3.63, 3.8) is 0 Å². The fraction of sp³-hybridized carbons (Fsp3) is 0.920. The molecule has 31 heavy (non-hydrogen) atoms. The van der Waals surface area contributed by atoms with Crippen molar-refractivity contribution in [1.29, 1.82) is 0 Å². The Labute approximate surface area is 189 Å². The molecule has 0 aliphatic carbocycles. The van der Waals surface area contributed by atoms with Gasteiger partial charge in [0.15, 0.2) is 0 Å². The Hall–Kier alpha value is -1.14. The van der Waals surface area contributed by atoms with E-state index in [1.807, 2.05) is 0 Å². The molecule has 2 atom stereocenters. The zero-order chi connectivity index (χ0) is 23.7. The largest absolute Gasteiger partial charge is 0.465 e. The maximum Gasteiger partial charge on any atom is 0.310 e. The summed E-state index contributed by atoms with van der Waals surface area (Å²) in [7, 11) is 2.09. The molecule has 6 heteroatoms. The Kier molecular flexibility index (Phi) is 7.90. The highest BCUT2D eigenvalue weighted by Crippen LogP contribution is 2.44. The van der Waals surface area contributed by atoms with Crippen molar-refractivity contribution in [2.45, 2.75) is 116 Å². The normalized spacial score (nSPS) is 28.4. The van der Waals surface area contributed by atoms with Crippen molar-refractivity contribution in [1.82, 2.24) is 10.2 Å². The molecule has 0 bridgehead atoms. The Morgan fingerprint density at radius 3 is 1.68 bits per heavy atom. The van der Waals surface area contributed by atoms with E-state index in [9.17, 15) is 9.59 Å². The number of hydrogen-bond acceptors (Lipinski definition) is 6. The minimum Gasteiger partial charge on any atom is -0.465 e. The molecule has 1 N–H and O–H groups in total. The van der Waals surface area contributed by atoms with Gasteiger partial charge in [-0.3, -0.25) is 14.5 Å². The number of nitrogens with zero attached hydrogens (tertiary/aromatic N) is 1. The third kappa shape index (κ3) is 6.22. The zero-order valence-corrected chi connectivity index (χ0v) is 21.4. The molecule has 0 amide bonds. The first-order valence-electron chi connectivity index (χ1n) is 12.0. The molecule has 0 aromatic heterocycles. The summed E-state index contributed by atoms with van der Waals surface area (Å²) in [6, 6.07) is 0. The number of hydrogen-bond donors (Lipinski definition) is 1. The van der Waals surface area contributed by atoms with Gasteiger partial charge in [0.25, 0.3) is 0 Å². The first-order chi connectivity index (χ1) is 14.1. The van der Waals surface area contributed by atoms with E-state index in [4.69, 9.17) is 9.47 Å². The van der Waals surface area contributed by atoms with Gasteiger partial charge in [-0.1, -0.05) is 0 Å². The topological polar surface area (TPSA) is 67.9 Å². The van der Waals surface area contributed by atoms with Crippen LogP contribution in [0.1, 0.15) is 93.9 Å². The smallest absolute Gasteiger partial charge is 0.310 e. The van der Waals surface area contributed by atoms with Gasteiger partial charge in [-0.25, -0.2) is 0 Å². The standard InChI is InChI=1S/C25H46N2O4/c1-22(2)16-18(24(5,6)26-22)20(28)30-14-12-10-11-13-15-31-21(29)19-17-23(3,4)27(9)25(19,7)8/h18-19,26H,10-17H2,1-9H3. The molecule has 0 aromatic rings. The van der Waals surface area contributed by atoms with E-state index in [1.54, 1.807) is 0 Å². The highest BCUT2D eigenvalue weighted by atomic mass is 16.5. The van der Waals surface area contributed by atoms with Crippen molar-refractivity contribution in [2.75, 3.05) is 20.3 Å². The quantitative estimate of drug-likeness (QED) is 0.427. The van der Waals surface area contributed by atoms with Crippen LogP contribution in [-0.4, -0.2) is 59.3 Å². The maximum absolute atomic E-state index is 12.6. The summed E-state index contributed by atoms with van der Waals surface area (Å²) in [6.45, 7) is 17.9. The second-order valence-electron chi connectivity index (χ2n) is 12.0. The third-order valence-corrected chi connectivity index (χ3v) is 7.67. The average molecular weight is 439 g/mol. The minimum atomic E-state index is -0.234. The van der Waals surface area contributed by atoms with Gasteiger partial charge >= 0.3 is 11.9 Å². The summed E-state index contributed by atoms with van der Waals surface area (Å²) in [6.07, 6.45) is 5.25. The van der Waals surface area contributed by atoms with Crippen molar-refractivity contribution < 1.29 is 19.1 Å². The van der Waals surface area contributed by atoms with E-state index in [2.05, 4.69) is 72.7 Å². The van der Waals surface area contributed by atoms with Gasteiger partial charge in [-0.05, 0) is 101 Å². The van der Waals surface area contributed by atoms with Gasteiger partial charge in [-0.2, -0.15) is 0 Å². The molecule has 2 fully saturated rings. The van der Waals surface area contributed by atoms with E-state index < -0.39 is 0 Å². The van der Waals surface area contributed by atoms with Crippen LogP contribution in [-0.2, 0) is 19.1 Å². The molecule has 0 radical (unpaired) electrons. The number of nitrogens with one attached hydrogen (secondary N) is 1. The molecule has 2 saturated heterocycles. The fourth-order valence-corrected chi connectivity index (χ4v) is 5.53. The predicted molar refractivity (Wildman–Crippen MR) is 124 cm³/mol. The number of unbranched alkanes of at least 4 members (excludes halogenated alkanes) is 3. The van der Waals surface area contributed by atoms with Gasteiger partial charge in [0.2, 0.25) is 0 Å². The molecular formula is C25H46N2O4. The minimum absolute atomic E-state index is 0.00411. The van der Waals surface area contributed by atoms with Crippen LogP contribution in [0.25, 0.3) is 0 Å². The van der Waals surface area contributed by atoms with E-state index >= 15 is 0 Å². The SMILES string of the molecule is CN1C(C)(C)CC(C(=O)OCCCCCCOC(=O)C2CC(C)(C)NC2(C)C)C1(C)C.